The number of fused-ring (bicyclic) bond motifs is 1. The Labute approximate surface area is 183 Å². The van der Waals surface area contributed by atoms with E-state index in [1.54, 1.807) is 6.33 Å². The molecule has 0 N–H and O–H groups in total. The number of thioether (sulfide) groups is 1. The van der Waals surface area contributed by atoms with E-state index >= 15 is 0 Å². The second-order valence-electron chi connectivity index (χ2n) is 8.74. The summed E-state index contributed by atoms with van der Waals surface area (Å²) < 4.78 is 5.49. The van der Waals surface area contributed by atoms with Gasteiger partial charge in [0.25, 0.3) is 0 Å². The Kier molecular flexibility index (Phi) is 5.83. The van der Waals surface area contributed by atoms with Gasteiger partial charge in [0.15, 0.2) is 0 Å². The Balaban J connectivity index is 1.34. The number of ether oxygens (including phenoxy) is 1. The van der Waals surface area contributed by atoms with Crippen molar-refractivity contribution in [2.75, 3.05) is 49.2 Å². The highest BCUT2D eigenvalue weighted by atomic mass is 32.2. The van der Waals surface area contributed by atoms with Gasteiger partial charge in [-0.1, -0.05) is 6.92 Å². The third kappa shape index (κ3) is 4.14. The van der Waals surface area contributed by atoms with Crippen molar-refractivity contribution in [1.82, 2.24) is 9.97 Å². The van der Waals surface area contributed by atoms with Crippen LogP contribution in [0.25, 0.3) is 10.9 Å². The van der Waals surface area contributed by atoms with Crippen molar-refractivity contribution >= 4 is 39.2 Å². The standard InChI is InChI=1S/C23H31N5OS/c1-16-17(2)30-22(26-16)12-18-4-3-7-28(14-18)23-20-6-5-19(13-21(20)24-15-25-23)27-8-10-29-11-9-27/h5-6,13,15-18H,3-4,7-12,14H2,1-2H3. The fourth-order valence-corrected chi connectivity index (χ4v) is 5.99. The van der Waals surface area contributed by atoms with E-state index in [2.05, 4.69) is 46.8 Å². The van der Waals surface area contributed by atoms with Crippen LogP contribution in [0.3, 0.4) is 0 Å². The topological polar surface area (TPSA) is 53.9 Å². The molecule has 0 aliphatic carbocycles. The van der Waals surface area contributed by atoms with Crippen molar-refractivity contribution in [2.24, 2.45) is 10.9 Å². The summed E-state index contributed by atoms with van der Waals surface area (Å²) in [5.74, 6) is 1.74. The van der Waals surface area contributed by atoms with Gasteiger partial charge in [-0.2, -0.15) is 0 Å². The molecule has 5 rings (SSSR count). The van der Waals surface area contributed by atoms with E-state index in [9.17, 15) is 0 Å². The number of anilines is 2. The van der Waals surface area contributed by atoms with Crippen LogP contribution in [-0.4, -0.2) is 65.7 Å². The lowest BCUT2D eigenvalue weighted by Crippen LogP contribution is -2.37. The number of piperidine rings is 1. The summed E-state index contributed by atoms with van der Waals surface area (Å²) in [6.07, 6.45) is 5.33. The zero-order valence-electron chi connectivity index (χ0n) is 18.0. The minimum atomic E-state index is 0.455. The van der Waals surface area contributed by atoms with Gasteiger partial charge in [-0.05, 0) is 50.3 Å². The number of nitrogens with zero attached hydrogens (tertiary/aromatic N) is 5. The molecule has 30 heavy (non-hydrogen) atoms. The zero-order valence-corrected chi connectivity index (χ0v) is 18.8. The number of benzene rings is 1. The second kappa shape index (κ2) is 8.71. The molecule has 4 heterocycles. The average molecular weight is 426 g/mol. The monoisotopic (exact) mass is 425 g/mol. The van der Waals surface area contributed by atoms with Crippen molar-refractivity contribution in [3.63, 3.8) is 0 Å². The van der Waals surface area contributed by atoms with Crippen LogP contribution in [0.2, 0.25) is 0 Å². The highest BCUT2D eigenvalue weighted by Gasteiger charge is 2.28. The average Bonchev–Trinajstić information content (AvgIpc) is 3.10. The van der Waals surface area contributed by atoms with E-state index in [1.807, 2.05) is 11.8 Å². The van der Waals surface area contributed by atoms with E-state index in [4.69, 9.17) is 14.7 Å². The van der Waals surface area contributed by atoms with Crippen LogP contribution in [0.4, 0.5) is 11.5 Å². The lowest BCUT2D eigenvalue weighted by Gasteiger charge is -2.34. The first-order valence-electron chi connectivity index (χ1n) is 11.2. The summed E-state index contributed by atoms with van der Waals surface area (Å²) >= 11 is 1.97. The van der Waals surface area contributed by atoms with Crippen LogP contribution in [0, 0.1) is 5.92 Å². The summed E-state index contributed by atoms with van der Waals surface area (Å²) in [4.78, 5) is 19.0. The summed E-state index contributed by atoms with van der Waals surface area (Å²) in [5, 5.41) is 3.13. The van der Waals surface area contributed by atoms with Crippen LogP contribution < -0.4 is 9.80 Å². The van der Waals surface area contributed by atoms with Gasteiger partial charge in [0.2, 0.25) is 0 Å². The summed E-state index contributed by atoms with van der Waals surface area (Å²) in [7, 11) is 0. The molecular formula is C23H31N5OS. The maximum absolute atomic E-state index is 5.49. The molecule has 0 amide bonds. The molecule has 1 aromatic heterocycles. The third-order valence-electron chi connectivity index (χ3n) is 6.61. The molecule has 0 radical (unpaired) electrons. The van der Waals surface area contributed by atoms with Crippen molar-refractivity contribution in [3.8, 4) is 0 Å². The van der Waals surface area contributed by atoms with E-state index in [1.165, 1.54) is 23.6 Å². The predicted octanol–water partition coefficient (Wildman–Crippen LogP) is 4.00. The first kappa shape index (κ1) is 20.1. The van der Waals surface area contributed by atoms with Gasteiger partial charge >= 0.3 is 0 Å². The highest BCUT2D eigenvalue weighted by Crippen LogP contribution is 2.34. The number of aliphatic imine (C=N–C) groups is 1. The van der Waals surface area contributed by atoms with Crippen LogP contribution in [0.1, 0.15) is 33.1 Å². The van der Waals surface area contributed by atoms with Gasteiger partial charge in [-0.25, -0.2) is 9.97 Å². The van der Waals surface area contributed by atoms with Gasteiger partial charge in [0.1, 0.15) is 12.1 Å². The van der Waals surface area contributed by atoms with Gasteiger partial charge < -0.3 is 14.5 Å². The molecule has 160 valence electrons. The van der Waals surface area contributed by atoms with Crippen LogP contribution >= 0.6 is 11.8 Å². The Morgan fingerprint density at radius 1 is 1.10 bits per heavy atom. The first-order valence-corrected chi connectivity index (χ1v) is 12.1. The van der Waals surface area contributed by atoms with Gasteiger partial charge in [0, 0.05) is 42.5 Å². The fraction of sp³-hybridized carbons (Fsp3) is 0.609. The van der Waals surface area contributed by atoms with Crippen molar-refractivity contribution < 1.29 is 4.74 Å². The molecule has 0 bridgehead atoms. The lowest BCUT2D eigenvalue weighted by molar-refractivity contribution is 0.122. The van der Waals surface area contributed by atoms with Crippen LogP contribution in [0.15, 0.2) is 29.5 Å². The minimum Gasteiger partial charge on any atom is -0.378 e. The smallest absolute Gasteiger partial charge is 0.139 e. The Morgan fingerprint density at radius 3 is 2.77 bits per heavy atom. The normalized spacial score (nSPS) is 27.5. The number of hydrogen-bond acceptors (Lipinski definition) is 7. The van der Waals surface area contributed by atoms with Gasteiger partial charge in [-0.15, -0.1) is 11.8 Å². The van der Waals surface area contributed by atoms with Gasteiger partial charge in [0.05, 0.1) is 29.8 Å². The predicted molar refractivity (Wildman–Crippen MR) is 126 cm³/mol. The summed E-state index contributed by atoms with van der Waals surface area (Å²) in [5.41, 5.74) is 2.26. The number of morpholine rings is 1. The molecule has 1 aromatic carbocycles. The Hall–Kier alpha value is -1.86. The quantitative estimate of drug-likeness (QED) is 0.738. The molecule has 2 aromatic rings. The zero-order chi connectivity index (χ0) is 20.5. The molecule has 3 atom stereocenters. The molecular weight excluding hydrogens is 394 g/mol. The number of rotatable bonds is 4. The molecule has 3 unspecified atom stereocenters. The lowest BCUT2D eigenvalue weighted by atomic mass is 9.95. The van der Waals surface area contributed by atoms with E-state index < -0.39 is 0 Å². The van der Waals surface area contributed by atoms with Crippen molar-refractivity contribution in [2.45, 2.75) is 44.4 Å². The van der Waals surface area contributed by atoms with E-state index in [-0.39, 0.29) is 0 Å². The molecule has 2 saturated heterocycles. The van der Waals surface area contributed by atoms with Crippen molar-refractivity contribution in [3.05, 3.63) is 24.5 Å². The third-order valence-corrected chi connectivity index (χ3v) is 7.92. The van der Waals surface area contributed by atoms with E-state index in [0.717, 1.165) is 62.5 Å². The maximum Gasteiger partial charge on any atom is 0.139 e. The molecule has 3 aliphatic rings. The summed E-state index contributed by atoms with van der Waals surface area (Å²) in [6, 6.07) is 7.09. The first-order chi connectivity index (χ1) is 14.7. The van der Waals surface area contributed by atoms with E-state index in [0.29, 0.717) is 17.2 Å². The summed E-state index contributed by atoms with van der Waals surface area (Å²) in [6.45, 7) is 10.1. The molecule has 0 spiro atoms. The molecule has 3 aliphatic heterocycles. The SMILES string of the molecule is CC1N=C(CC2CCCN(c3ncnc4cc(N5CCOCC5)ccc34)C2)SC1C. The molecule has 0 saturated carbocycles. The second-order valence-corrected chi connectivity index (χ2v) is 10.2. The minimum absolute atomic E-state index is 0.455. The molecule has 6 nitrogen and oxygen atoms in total. The Morgan fingerprint density at radius 2 is 1.97 bits per heavy atom. The largest absolute Gasteiger partial charge is 0.378 e. The number of hydrogen-bond donors (Lipinski definition) is 0. The van der Waals surface area contributed by atoms with Gasteiger partial charge in [-0.3, -0.25) is 4.99 Å². The van der Waals surface area contributed by atoms with Crippen LogP contribution in [0.5, 0.6) is 0 Å². The van der Waals surface area contributed by atoms with Crippen molar-refractivity contribution in [1.29, 1.82) is 0 Å². The van der Waals surface area contributed by atoms with Crippen LogP contribution in [-0.2, 0) is 4.74 Å². The molecule has 7 heteroatoms. The molecule has 2 fully saturated rings. The maximum atomic E-state index is 5.49. The fourth-order valence-electron chi connectivity index (χ4n) is 4.75. The number of aromatic nitrogens is 2. The highest BCUT2D eigenvalue weighted by molar-refractivity contribution is 8.14. The Bertz CT molecular complexity index is 929.